The molecule has 4 heterocycles. The SMILES string of the molecule is COc1cc(-c2cnnn2C)ccc1NN1C=Cc2cc(C)nc(N3CCC(C)(C#N)CC3)c2C1. The van der Waals surface area contributed by atoms with Gasteiger partial charge in [-0.2, -0.15) is 5.26 Å². The highest BCUT2D eigenvalue weighted by molar-refractivity contribution is 5.69. The summed E-state index contributed by atoms with van der Waals surface area (Å²) in [4.78, 5) is 7.26. The fourth-order valence-corrected chi connectivity index (χ4v) is 4.72. The third kappa shape index (κ3) is 4.39. The summed E-state index contributed by atoms with van der Waals surface area (Å²) in [5.74, 6) is 1.75. The number of ether oxygens (including phenoxy) is 1. The van der Waals surface area contributed by atoms with Crippen molar-refractivity contribution in [2.24, 2.45) is 12.5 Å². The molecule has 0 bridgehead atoms. The second kappa shape index (κ2) is 8.95. The Balaban J connectivity index is 1.38. The van der Waals surface area contributed by atoms with E-state index in [-0.39, 0.29) is 5.41 Å². The second-order valence-corrected chi connectivity index (χ2v) is 9.53. The lowest BCUT2D eigenvalue weighted by atomic mass is 9.82. The van der Waals surface area contributed by atoms with Crippen LogP contribution in [-0.2, 0) is 13.6 Å². The van der Waals surface area contributed by atoms with Gasteiger partial charge in [-0.1, -0.05) is 11.3 Å². The van der Waals surface area contributed by atoms with E-state index >= 15 is 0 Å². The van der Waals surface area contributed by atoms with E-state index in [0.717, 1.165) is 60.1 Å². The average Bonchev–Trinajstić information content (AvgIpc) is 3.30. The fourth-order valence-electron chi connectivity index (χ4n) is 4.72. The zero-order valence-corrected chi connectivity index (χ0v) is 20.6. The number of aryl methyl sites for hydroxylation is 2. The zero-order chi connectivity index (χ0) is 24.6. The van der Waals surface area contributed by atoms with Crippen molar-refractivity contribution in [2.75, 3.05) is 30.5 Å². The summed E-state index contributed by atoms with van der Waals surface area (Å²) < 4.78 is 7.43. The molecule has 5 rings (SSSR count). The third-order valence-electron chi connectivity index (χ3n) is 6.94. The van der Waals surface area contributed by atoms with E-state index in [1.807, 2.05) is 38.4 Å². The van der Waals surface area contributed by atoms with Crippen LogP contribution in [-0.4, -0.2) is 45.2 Å². The maximum absolute atomic E-state index is 9.52. The standard InChI is InChI=1S/C26H30N8O/c1-18-13-19-7-10-34(16-21(19)25(29-18)33-11-8-26(2,17-27)9-12-33)30-22-6-5-20(14-24(22)35-4)23-15-28-31-32(23)3/h5-7,10,13-15,30H,8-9,11-12,16H2,1-4H3. The number of piperidine rings is 1. The number of aromatic nitrogens is 4. The molecule has 1 saturated heterocycles. The summed E-state index contributed by atoms with van der Waals surface area (Å²) in [5.41, 5.74) is 9.38. The number of pyridine rings is 1. The van der Waals surface area contributed by atoms with E-state index in [1.165, 1.54) is 11.1 Å². The van der Waals surface area contributed by atoms with Crippen molar-refractivity contribution < 1.29 is 4.74 Å². The van der Waals surface area contributed by atoms with Gasteiger partial charge < -0.3 is 9.64 Å². The molecule has 1 fully saturated rings. The number of hydrazine groups is 1. The predicted octanol–water partition coefficient (Wildman–Crippen LogP) is 4.14. The van der Waals surface area contributed by atoms with Gasteiger partial charge in [-0.15, -0.1) is 5.10 Å². The lowest BCUT2D eigenvalue weighted by Crippen LogP contribution is -2.40. The Bertz CT molecular complexity index is 1310. The van der Waals surface area contributed by atoms with E-state index in [4.69, 9.17) is 9.72 Å². The van der Waals surface area contributed by atoms with E-state index in [1.54, 1.807) is 18.0 Å². The Morgan fingerprint density at radius 2 is 2.00 bits per heavy atom. The number of fused-ring (bicyclic) bond motifs is 1. The van der Waals surface area contributed by atoms with Gasteiger partial charge in [0.05, 0.1) is 42.7 Å². The minimum absolute atomic E-state index is 0.248. The molecule has 0 spiro atoms. The average molecular weight is 471 g/mol. The largest absolute Gasteiger partial charge is 0.494 e. The van der Waals surface area contributed by atoms with Crippen molar-refractivity contribution in [1.82, 2.24) is 25.0 Å². The van der Waals surface area contributed by atoms with Gasteiger partial charge in [-0.25, -0.2) is 9.67 Å². The van der Waals surface area contributed by atoms with Crippen LogP contribution in [0.2, 0.25) is 0 Å². The number of benzene rings is 1. The molecule has 0 unspecified atom stereocenters. The first-order valence-corrected chi connectivity index (χ1v) is 11.8. The minimum atomic E-state index is -0.248. The quantitative estimate of drug-likeness (QED) is 0.595. The van der Waals surface area contributed by atoms with E-state index < -0.39 is 0 Å². The fraction of sp³-hybridized carbons (Fsp3) is 0.385. The molecule has 2 aromatic heterocycles. The van der Waals surface area contributed by atoms with Crippen LogP contribution in [0, 0.1) is 23.7 Å². The molecular formula is C26H30N8O. The van der Waals surface area contributed by atoms with Crippen LogP contribution in [0.4, 0.5) is 11.5 Å². The zero-order valence-electron chi connectivity index (χ0n) is 20.6. The molecular weight excluding hydrogens is 440 g/mol. The molecule has 0 saturated carbocycles. The molecule has 9 nitrogen and oxygen atoms in total. The number of hydrogen-bond acceptors (Lipinski definition) is 8. The lowest BCUT2D eigenvalue weighted by Gasteiger charge is -2.38. The van der Waals surface area contributed by atoms with Gasteiger partial charge in [0.2, 0.25) is 0 Å². The Morgan fingerprint density at radius 3 is 2.69 bits per heavy atom. The van der Waals surface area contributed by atoms with E-state index in [2.05, 4.69) is 50.8 Å². The Morgan fingerprint density at radius 1 is 1.20 bits per heavy atom. The topological polar surface area (TPSA) is 95.1 Å². The first-order chi connectivity index (χ1) is 16.9. The number of hydrogen-bond donors (Lipinski definition) is 1. The first kappa shape index (κ1) is 22.7. The van der Waals surface area contributed by atoms with Gasteiger partial charge in [0.25, 0.3) is 0 Å². The highest BCUT2D eigenvalue weighted by Crippen LogP contribution is 2.36. The van der Waals surface area contributed by atoms with Crippen molar-refractivity contribution in [3.8, 4) is 23.1 Å². The summed E-state index contributed by atoms with van der Waals surface area (Å²) in [6.45, 7) is 6.43. The molecule has 2 aliphatic rings. The molecule has 35 heavy (non-hydrogen) atoms. The molecule has 0 amide bonds. The highest BCUT2D eigenvalue weighted by atomic mass is 16.5. The Hall–Kier alpha value is -4.06. The minimum Gasteiger partial charge on any atom is -0.494 e. The van der Waals surface area contributed by atoms with Gasteiger partial charge in [0, 0.05) is 43.2 Å². The third-order valence-corrected chi connectivity index (χ3v) is 6.94. The Kier molecular flexibility index (Phi) is 5.81. The van der Waals surface area contributed by atoms with Gasteiger partial charge >= 0.3 is 0 Å². The van der Waals surface area contributed by atoms with Crippen LogP contribution < -0.4 is 15.1 Å². The molecule has 9 heteroatoms. The van der Waals surface area contributed by atoms with E-state index in [0.29, 0.717) is 6.54 Å². The van der Waals surface area contributed by atoms with Crippen molar-refractivity contribution in [3.05, 3.63) is 53.5 Å². The summed E-state index contributed by atoms with van der Waals surface area (Å²) >= 11 is 0. The van der Waals surface area contributed by atoms with Crippen molar-refractivity contribution in [3.63, 3.8) is 0 Å². The molecule has 2 aliphatic heterocycles. The smallest absolute Gasteiger partial charge is 0.144 e. The number of nitrogens with one attached hydrogen (secondary N) is 1. The summed E-state index contributed by atoms with van der Waals surface area (Å²) in [7, 11) is 3.54. The van der Waals surface area contributed by atoms with Gasteiger partial charge in [-0.3, -0.25) is 10.4 Å². The van der Waals surface area contributed by atoms with Crippen LogP contribution in [0.15, 0.2) is 36.7 Å². The number of nitriles is 1. The monoisotopic (exact) mass is 470 g/mol. The molecule has 3 aromatic rings. The maximum Gasteiger partial charge on any atom is 0.144 e. The van der Waals surface area contributed by atoms with Crippen molar-refractivity contribution >= 4 is 17.6 Å². The second-order valence-electron chi connectivity index (χ2n) is 9.53. The predicted molar refractivity (Wildman–Crippen MR) is 135 cm³/mol. The van der Waals surface area contributed by atoms with E-state index in [9.17, 15) is 5.26 Å². The van der Waals surface area contributed by atoms with Gasteiger partial charge in [-0.05, 0) is 56.5 Å². The van der Waals surface area contributed by atoms with Crippen LogP contribution in [0.25, 0.3) is 17.3 Å². The molecule has 1 N–H and O–H groups in total. The highest BCUT2D eigenvalue weighted by Gasteiger charge is 2.32. The number of rotatable bonds is 5. The van der Waals surface area contributed by atoms with Gasteiger partial charge in [0.1, 0.15) is 11.6 Å². The first-order valence-electron chi connectivity index (χ1n) is 11.8. The maximum atomic E-state index is 9.52. The van der Waals surface area contributed by atoms with Gasteiger partial charge in [0.15, 0.2) is 0 Å². The number of methoxy groups -OCH3 is 1. The molecule has 180 valence electrons. The summed E-state index contributed by atoms with van der Waals surface area (Å²) in [5, 5.41) is 19.6. The number of nitrogens with zero attached hydrogens (tertiary/aromatic N) is 7. The summed E-state index contributed by atoms with van der Waals surface area (Å²) in [6.07, 6.45) is 7.60. The van der Waals surface area contributed by atoms with Crippen molar-refractivity contribution in [1.29, 1.82) is 5.26 Å². The molecule has 0 atom stereocenters. The molecule has 0 radical (unpaired) electrons. The van der Waals surface area contributed by atoms with Crippen molar-refractivity contribution in [2.45, 2.75) is 33.2 Å². The number of anilines is 2. The van der Waals surface area contributed by atoms with Crippen LogP contribution in [0.3, 0.4) is 0 Å². The Labute approximate surface area is 205 Å². The van der Waals surface area contributed by atoms with Crippen LogP contribution >= 0.6 is 0 Å². The molecule has 1 aromatic carbocycles. The molecule has 0 aliphatic carbocycles. The normalized spacial score (nSPS) is 16.5. The van der Waals surface area contributed by atoms with Crippen LogP contribution in [0.1, 0.15) is 36.6 Å². The van der Waals surface area contributed by atoms with Crippen LogP contribution in [0.5, 0.6) is 5.75 Å². The lowest BCUT2D eigenvalue weighted by molar-refractivity contribution is 0.335. The summed E-state index contributed by atoms with van der Waals surface area (Å²) in [6, 6.07) is 10.6.